The van der Waals surface area contributed by atoms with Crippen molar-refractivity contribution < 1.29 is 0 Å². The normalized spacial score (nSPS) is 12.6. The highest BCUT2D eigenvalue weighted by molar-refractivity contribution is 5.89. The highest BCUT2D eigenvalue weighted by Gasteiger charge is 2.21. The second-order valence-electron chi connectivity index (χ2n) is 5.31. The first-order valence-electron chi connectivity index (χ1n) is 6.99. The molecule has 21 heavy (non-hydrogen) atoms. The van der Waals surface area contributed by atoms with Crippen LogP contribution in [0.1, 0.15) is 5.82 Å². The number of fused-ring (bicyclic) bond motifs is 7. The van der Waals surface area contributed by atoms with Gasteiger partial charge in [-0.3, -0.25) is 4.57 Å². The van der Waals surface area contributed by atoms with E-state index < -0.39 is 0 Å². The summed E-state index contributed by atoms with van der Waals surface area (Å²) in [5.41, 5.74) is 4.82. The average molecular weight is 272 g/mol. The van der Waals surface area contributed by atoms with E-state index in [9.17, 15) is 0 Å². The predicted octanol–water partition coefficient (Wildman–Crippen LogP) is 3.25. The largest absolute Gasteiger partial charge is 0.333 e. The maximum Gasteiger partial charge on any atom is 0.157 e. The van der Waals surface area contributed by atoms with Crippen molar-refractivity contribution in [1.82, 2.24) is 19.3 Å². The first-order valence-corrected chi connectivity index (χ1v) is 6.99. The molecule has 0 saturated carbocycles. The van der Waals surface area contributed by atoms with Gasteiger partial charge < -0.3 is 4.57 Å². The third kappa shape index (κ3) is 1.39. The molecule has 1 aliphatic heterocycles. The van der Waals surface area contributed by atoms with Crippen molar-refractivity contribution in [2.45, 2.75) is 6.54 Å². The van der Waals surface area contributed by atoms with Gasteiger partial charge in [-0.25, -0.2) is 0 Å². The summed E-state index contributed by atoms with van der Waals surface area (Å²) in [6.07, 6.45) is 1.79. The molecule has 4 heteroatoms. The Hall–Kier alpha value is -2.88. The summed E-state index contributed by atoms with van der Waals surface area (Å²) in [6.45, 7) is 0.734. The smallest absolute Gasteiger partial charge is 0.157 e. The van der Waals surface area contributed by atoms with Crippen LogP contribution >= 0.6 is 0 Å². The molecule has 2 aromatic heterocycles. The van der Waals surface area contributed by atoms with Gasteiger partial charge in [0, 0.05) is 16.5 Å². The molecule has 0 N–H and O–H groups in total. The Morgan fingerprint density at radius 2 is 1.81 bits per heavy atom. The molecule has 3 heterocycles. The maximum atomic E-state index is 4.29. The minimum absolute atomic E-state index is 0.734. The van der Waals surface area contributed by atoms with Crippen LogP contribution in [0.5, 0.6) is 0 Å². The highest BCUT2D eigenvalue weighted by Crippen LogP contribution is 2.35. The van der Waals surface area contributed by atoms with E-state index in [4.69, 9.17) is 0 Å². The summed E-state index contributed by atoms with van der Waals surface area (Å²) in [4.78, 5) is 0. The van der Waals surface area contributed by atoms with Gasteiger partial charge in [-0.1, -0.05) is 36.4 Å². The number of hydrogen-bond donors (Lipinski definition) is 0. The predicted molar refractivity (Wildman–Crippen MR) is 81.4 cm³/mol. The monoisotopic (exact) mass is 272 g/mol. The SMILES string of the molecule is c1ccc2c(c1)-c1cc3ccccc3n1Cc1nncn1-2. The fourth-order valence-electron chi connectivity index (χ4n) is 3.21. The molecule has 0 amide bonds. The zero-order valence-electron chi connectivity index (χ0n) is 11.3. The molecule has 0 saturated heterocycles. The number of hydrogen-bond acceptors (Lipinski definition) is 2. The topological polar surface area (TPSA) is 35.6 Å². The zero-order valence-corrected chi connectivity index (χ0v) is 11.3. The minimum Gasteiger partial charge on any atom is -0.333 e. The second-order valence-corrected chi connectivity index (χ2v) is 5.31. The summed E-state index contributed by atoms with van der Waals surface area (Å²) in [5.74, 6) is 0.961. The lowest BCUT2D eigenvalue weighted by atomic mass is 10.1. The highest BCUT2D eigenvalue weighted by atomic mass is 15.3. The molecule has 0 atom stereocenters. The van der Waals surface area contributed by atoms with Crippen molar-refractivity contribution in [3.8, 4) is 16.9 Å². The van der Waals surface area contributed by atoms with E-state index in [1.54, 1.807) is 6.33 Å². The van der Waals surface area contributed by atoms with E-state index in [1.165, 1.54) is 22.2 Å². The van der Waals surface area contributed by atoms with Crippen molar-refractivity contribution in [2.24, 2.45) is 0 Å². The van der Waals surface area contributed by atoms with Gasteiger partial charge in [0.2, 0.25) is 0 Å². The molecule has 0 radical (unpaired) electrons. The van der Waals surface area contributed by atoms with E-state index in [0.717, 1.165) is 18.1 Å². The number of aromatic nitrogens is 4. The Balaban J connectivity index is 1.96. The quantitative estimate of drug-likeness (QED) is 0.434. The van der Waals surface area contributed by atoms with Crippen molar-refractivity contribution in [3.05, 3.63) is 66.7 Å². The van der Waals surface area contributed by atoms with Crippen molar-refractivity contribution in [3.63, 3.8) is 0 Å². The van der Waals surface area contributed by atoms with Gasteiger partial charge in [0.25, 0.3) is 0 Å². The second kappa shape index (κ2) is 3.82. The lowest BCUT2D eigenvalue weighted by molar-refractivity contribution is 0.767. The number of rotatable bonds is 0. The third-order valence-electron chi connectivity index (χ3n) is 4.17. The number of nitrogens with zero attached hydrogens (tertiary/aromatic N) is 4. The van der Waals surface area contributed by atoms with Gasteiger partial charge >= 0.3 is 0 Å². The van der Waals surface area contributed by atoms with Crippen LogP contribution in [0.3, 0.4) is 0 Å². The Labute approximate surface area is 121 Å². The van der Waals surface area contributed by atoms with Crippen LogP contribution < -0.4 is 0 Å². The average Bonchev–Trinajstić information content (AvgIpc) is 3.10. The molecule has 0 aliphatic carbocycles. The molecular formula is C17H12N4. The molecule has 5 rings (SSSR count). The summed E-state index contributed by atoms with van der Waals surface area (Å²) < 4.78 is 4.40. The van der Waals surface area contributed by atoms with E-state index in [-0.39, 0.29) is 0 Å². The molecule has 1 aliphatic rings. The van der Waals surface area contributed by atoms with Crippen LogP contribution in [0.15, 0.2) is 60.9 Å². The van der Waals surface area contributed by atoms with Crippen LogP contribution in [-0.4, -0.2) is 19.3 Å². The van der Waals surface area contributed by atoms with E-state index in [1.807, 2.05) is 0 Å². The van der Waals surface area contributed by atoms with Crippen molar-refractivity contribution in [2.75, 3.05) is 0 Å². The van der Waals surface area contributed by atoms with E-state index in [2.05, 4.69) is 73.9 Å². The molecule has 0 spiro atoms. The summed E-state index contributed by atoms with van der Waals surface area (Å²) in [5, 5.41) is 9.63. The van der Waals surface area contributed by atoms with Crippen molar-refractivity contribution >= 4 is 10.9 Å². The van der Waals surface area contributed by atoms with Crippen LogP contribution in [0.4, 0.5) is 0 Å². The maximum absolute atomic E-state index is 4.29. The van der Waals surface area contributed by atoms with E-state index >= 15 is 0 Å². The fourth-order valence-corrected chi connectivity index (χ4v) is 3.21. The van der Waals surface area contributed by atoms with E-state index in [0.29, 0.717) is 0 Å². The molecule has 0 unspecified atom stereocenters. The summed E-state index contributed by atoms with van der Waals surface area (Å²) in [7, 11) is 0. The summed E-state index contributed by atoms with van der Waals surface area (Å²) in [6, 6.07) is 19.2. The van der Waals surface area contributed by atoms with Gasteiger partial charge in [0.05, 0.1) is 17.9 Å². The van der Waals surface area contributed by atoms with Gasteiger partial charge in [-0.2, -0.15) is 0 Å². The Bertz CT molecular complexity index is 977. The molecular weight excluding hydrogens is 260 g/mol. The third-order valence-corrected chi connectivity index (χ3v) is 4.17. The lowest BCUT2D eigenvalue weighted by Gasteiger charge is -2.07. The first kappa shape index (κ1) is 10.9. The molecule has 0 fully saturated rings. The molecule has 4 nitrogen and oxygen atoms in total. The Morgan fingerprint density at radius 3 is 2.81 bits per heavy atom. The standard InChI is InChI=1S/C17H12N4/c1-3-7-14-12(5-1)9-16-13-6-2-4-8-15(13)21-11-18-19-17(21)10-20(14)16/h1-9,11H,10H2. The van der Waals surface area contributed by atoms with Crippen LogP contribution in [-0.2, 0) is 6.54 Å². The molecule has 100 valence electrons. The van der Waals surface area contributed by atoms with Gasteiger partial charge in [-0.15, -0.1) is 10.2 Å². The first-order chi connectivity index (χ1) is 10.4. The molecule has 0 bridgehead atoms. The molecule has 2 aromatic carbocycles. The van der Waals surface area contributed by atoms with Crippen LogP contribution in [0, 0.1) is 0 Å². The number of para-hydroxylation sites is 2. The lowest BCUT2D eigenvalue weighted by Crippen LogP contribution is -2.03. The minimum atomic E-state index is 0.734. The van der Waals surface area contributed by atoms with Gasteiger partial charge in [0.15, 0.2) is 5.82 Å². The van der Waals surface area contributed by atoms with Gasteiger partial charge in [-0.05, 0) is 18.2 Å². The van der Waals surface area contributed by atoms with Gasteiger partial charge in [0.1, 0.15) is 6.33 Å². The summed E-state index contributed by atoms with van der Waals surface area (Å²) >= 11 is 0. The van der Waals surface area contributed by atoms with Crippen LogP contribution in [0.25, 0.3) is 27.8 Å². The number of benzene rings is 2. The Morgan fingerprint density at radius 1 is 0.952 bits per heavy atom. The molecule has 4 aromatic rings. The Kier molecular flexibility index (Phi) is 1.98. The van der Waals surface area contributed by atoms with Crippen LogP contribution in [0.2, 0.25) is 0 Å². The van der Waals surface area contributed by atoms with Crippen molar-refractivity contribution in [1.29, 1.82) is 0 Å². The zero-order chi connectivity index (χ0) is 13.8. The fraction of sp³-hybridized carbons (Fsp3) is 0.0588.